The summed E-state index contributed by atoms with van der Waals surface area (Å²) >= 11 is 0. The Morgan fingerprint density at radius 2 is 2.00 bits per heavy atom. The first-order valence-electron chi connectivity index (χ1n) is 8.83. The van der Waals surface area contributed by atoms with Crippen LogP contribution in [0.5, 0.6) is 0 Å². The van der Waals surface area contributed by atoms with Crippen LogP contribution in [-0.4, -0.2) is 20.8 Å². The quantitative estimate of drug-likeness (QED) is 0.740. The van der Waals surface area contributed by atoms with E-state index in [1.165, 1.54) is 12.1 Å². The number of hydrogen-bond acceptors (Lipinski definition) is 4. The molecular formula is C21H19FN4O. The molecule has 5 nitrogen and oxygen atoms in total. The van der Waals surface area contributed by atoms with Gasteiger partial charge in [-0.2, -0.15) is 0 Å². The molecule has 136 valence electrons. The maximum atomic E-state index is 13.3. The maximum absolute atomic E-state index is 13.3. The van der Waals surface area contributed by atoms with Crippen molar-refractivity contribution in [1.29, 1.82) is 0 Å². The number of nitrogens with zero attached hydrogens (tertiary/aromatic N) is 3. The number of halogens is 1. The second-order valence-electron chi connectivity index (χ2n) is 6.66. The molecule has 0 aliphatic heterocycles. The van der Waals surface area contributed by atoms with Gasteiger partial charge in [-0.05, 0) is 43.2 Å². The normalized spacial score (nSPS) is 14.1. The molecule has 0 radical (unpaired) electrons. The molecule has 6 heteroatoms. The zero-order chi connectivity index (χ0) is 18.8. The highest BCUT2D eigenvalue weighted by Gasteiger charge is 2.19. The highest BCUT2D eigenvalue weighted by molar-refractivity contribution is 5.98. The van der Waals surface area contributed by atoms with Crippen molar-refractivity contribution in [3.63, 3.8) is 0 Å². The molecular weight excluding hydrogens is 343 g/mol. The molecule has 1 aliphatic rings. The molecule has 1 N–H and O–H groups in total. The minimum atomic E-state index is -0.262. The molecule has 0 amide bonds. The van der Waals surface area contributed by atoms with Gasteiger partial charge in [-0.25, -0.2) is 9.07 Å². The van der Waals surface area contributed by atoms with Gasteiger partial charge in [-0.3, -0.25) is 4.79 Å². The third kappa shape index (κ3) is 3.79. The molecule has 1 heterocycles. The smallest absolute Gasteiger partial charge is 0.160 e. The van der Waals surface area contributed by atoms with E-state index < -0.39 is 0 Å². The molecule has 27 heavy (non-hydrogen) atoms. The molecule has 2 aromatic carbocycles. The summed E-state index contributed by atoms with van der Waals surface area (Å²) in [6, 6.07) is 14.3. The molecule has 0 saturated carbocycles. The van der Waals surface area contributed by atoms with Gasteiger partial charge in [0.05, 0.1) is 12.7 Å². The van der Waals surface area contributed by atoms with E-state index in [9.17, 15) is 9.18 Å². The van der Waals surface area contributed by atoms with Crippen LogP contribution in [0.25, 0.3) is 11.3 Å². The topological polar surface area (TPSA) is 59.8 Å². The fourth-order valence-electron chi connectivity index (χ4n) is 3.20. The lowest BCUT2D eigenvalue weighted by Crippen LogP contribution is -2.00. The van der Waals surface area contributed by atoms with Gasteiger partial charge >= 0.3 is 0 Å². The van der Waals surface area contributed by atoms with Gasteiger partial charge in [0, 0.05) is 28.9 Å². The van der Waals surface area contributed by atoms with Crippen molar-refractivity contribution >= 4 is 11.5 Å². The number of anilines is 1. The zero-order valence-electron chi connectivity index (χ0n) is 14.9. The van der Waals surface area contributed by atoms with Crippen molar-refractivity contribution in [3.05, 3.63) is 77.4 Å². The molecule has 1 aromatic heterocycles. The Bertz CT molecular complexity index is 1040. The second-order valence-corrected chi connectivity index (χ2v) is 6.66. The summed E-state index contributed by atoms with van der Waals surface area (Å²) in [6.07, 6.45) is 3.16. The molecule has 0 atom stereocenters. The predicted molar refractivity (Wildman–Crippen MR) is 102 cm³/mol. The van der Waals surface area contributed by atoms with E-state index in [1.807, 2.05) is 43.5 Å². The number of ketones is 1. The van der Waals surface area contributed by atoms with Gasteiger partial charge in [-0.1, -0.05) is 29.5 Å². The van der Waals surface area contributed by atoms with Crippen LogP contribution in [-0.2, 0) is 11.3 Å². The minimum absolute atomic E-state index is 0.203. The van der Waals surface area contributed by atoms with Gasteiger partial charge in [0.1, 0.15) is 11.5 Å². The Morgan fingerprint density at radius 1 is 1.15 bits per heavy atom. The summed E-state index contributed by atoms with van der Waals surface area (Å²) in [5, 5.41) is 11.7. The Kier molecular flexibility index (Phi) is 4.54. The fourth-order valence-corrected chi connectivity index (χ4v) is 3.20. The highest BCUT2D eigenvalue weighted by atomic mass is 19.1. The van der Waals surface area contributed by atoms with Crippen molar-refractivity contribution in [1.82, 2.24) is 15.0 Å². The molecule has 0 spiro atoms. The number of benzene rings is 2. The van der Waals surface area contributed by atoms with Crippen LogP contribution in [0.15, 0.2) is 66.0 Å². The maximum Gasteiger partial charge on any atom is 0.160 e. The summed E-state index contributed by atoms with van der Waals surface area (Å²) in [7, 11) is 0. The first-order valence-corrected chi connectivity index (χ1v) is 8.83. The Balaban J connectivity index is 1.53. The number of aromatic nitrogens is 3. The summed E-state index contributed by atoms with van der Waals surface area (Å²) in [5.74, 6) is -0.0597. The Hall–Kier alpha value is -3.28. The van der Waals surface area contributed by atoms with E-state index in [1.54, 1.807) is 10.7 Å². The van der Waals surface area contributed by atoms with E-state index in [0.29, 0.717) is 13.0 Å². The molecule has 0 saturated heterocycles. The number of Topliss-reactive ketones (excluding diaryl/α,β-unsaturated/α-hetero) is 1. The SMILES string of the molecule is CC1=C(Nc2cccc(-c3cn(Cc4cccc(F)c4)nn3)c2)CCC1=O. The van der Waals surface area contributed by atoms with Gasteiger partial charge in [0.25, 0.3) is 0 Å². The van der Waals surface area contributed by atoms with E-state index in [2.05, 4.69) is 15.6 Å². The molecule has 1 aliphatic carbocycles. The van der Waals surface area contributed by atoms with Crippen LogP contribution in [0.1, 0.15) is 25.3 Å². The molecule has 3 aromatic rings. The van der Waals surface area contributed by atoms with Crippen LogP contribution in [0, 0.1) is 5.82 Å². The summed E-state index contributed by atoms with van der Waals surface area (Å²) in [5.41, 5.74) is 5.19. The van der Waals surface area contributed by atoms with Crippen molar-refractivity contribution < 1.29 is 9.18 Å². The van der Waals surface area contributed by atoms with Crippen molar-refractivity contribution in [2.75, 3.05) is 5.32 Å². The van der Waals surface area contributed by atoms with Gasteiger partial charge in [0.2, 0.25) is 0 Å². The molecule has 4 rings (SSSR count). The molecule has 0 fully saturated rings. The van der Waals surface area contributed by atoms with Gasteiger partial charge in [0.15, 0.2) is 5.78 Å². The first-order chi connectivity index (χ1) is 13.1. The summed E-state index contributed by atoms with van der Waals surface area (Å²) in [4.78, 5) is 11.7. The van der Waals surface area contributed by atoms with E-state index in [4.69, 9.17) is 0 Å². The van der Waals surface area contributed by atoms with Crippen LogP contribution in [0.2, 0.25) is 0 Å². The van der Waals surface area contributed by atoms with Gasteiger partial charge in [-0.15, -0.1) is 5.10 Å². The number of rotatable bonds is 5. The van der Waals surface area contributed by atoms with E-state index in [-0.39, 0.29) is 11.6 Å². The largest absolute Gasteiger partial charge is 0.359 e. The van der Waals surface area contributed by atoms with Crippen molar-refractivity contribution in [2.24, 2.45) is 0 Å². The summed E-state index contributed by atoms with van der Waals surface area (Å²) < 4.78 is 15.0. The monoisotopic (exact) mass is 362 g/mol. The zero-order valence-corrected chi connectivity index (χ0v) is 14.9. The van der Waals surface area contributed by atoms with Gasteiger partial charge < -0.3 is 5.32 Å². The minimum Gasteiger partial charge on any atom is -0.359 e. The van der Waals surface area contributed by atoms with Crippen molar-refractivity contribution in [2.45, 2.75) is 26.3 Å². The lowest BCUT2D eigenvalue weighted by atomic mass is 10.1. The molecule has 0 bridgehead atoms. The lowest BCUT2D eigenvalue weighted by Gasteiger charge is -2.09. The lowest BCUT2D eigenvalue weighted by molar-refractivity contribution is -0.114. The van der Waals surface area contributed by atoms with E-state index in [0.717, 1.165) is 40.2 Å². The third-order valence-electron chi connectivity index (χ3n) is 4.70. The third-order valence-corrected chi connectivity index (χ3v) is 4.70. The fraction of sp³-hybridized carbons (Fsp3) is 0.190. The van der Waals surface area contributed by atoms with Crippen molar-refractivity contribution in [3.8, 4) is 11.3 Å². The first kappa shape index (κ1) is 17.1. The van der Waals surface area contributed by atoms with Crippen LogP contribution in [0.4, 0.5) is 10.1 Å². The van der Waals surface area contributed by atoms with Crippen LogP contribution in [0.3, 0.4) is 0 Å². The second kappa shape index (κ2) is 7.15. The number of carbonyl (C=O) groups excluding carboxylic acids is 1. The number of carbonyl (C=O) groups is 1. The number of nitrogens with one attached hydrogen (secondary N) is 1. The predicted octanol–water partition coefficient (Wildman–Crippen LogP) is 4.18. The number of hydrogen-bond donors (Lipinski definition) is 1. The standard InChI is InChI=1S/C21H19FN4O/c1-14-19(8-9-21(14)27)23-18-7-3-5-16(11-18)20-13-26(25-24-20)12-15-4-2-6-17(22)10-15/h2-7,10-11,13,23H,8-9,12H2,1H3. The van der Waals surface area contributed by atoms with Crippen LogP contribution < -0.4 is 5.32 Å². The Labute approximate surface area is 156 Å². The Morgan fingerprint density at radius 3 is 2.78 bits per heavy atom. The van der Waals surface area contributed by atoms with E-state index >= 15 is 0 Å². The highest BCUT2D eigenvalue weighted by Crippen LogP contribution is 2.26. The number of allylic oxidation sites excluding steroid dienone is 2. The average molecular weight is 362 g/mol. The van der Waals surface area contributed by atoms with Crippen LogP contribution >= 0.6 is 0 Å². The summed E-state index contributed by atoms with van der Waals surface area (Å²) in [6.45, 7) is 2.32. The average Bonchev–Trinajstić information content (AvgIpc) is 3.24. The molecule has 0 unspecified atom stereocenters.